The van der Waals surface area contributed by atoms with Crippen molar-refractivity contribution in [3.8, 4) is 11.5 Å². The molecule has 2 unspecified atom stereocenters. The van der Waals surface area contributed by atoms with Crippen LogP contribution < -0.4 is 10.1 Å². The Labute approximate surface area is 119 Å². The molecule has 2 N–H and O–H groups in total. The first kappa shape index (κ1) is 13.0. The Hall–Kier alpha value is -2.00. The highest BCUT2D eigenvalue weighted by molar-refractivity contribution is 5.38. The van der Waals surface area contributed by atoms with Crippen LogP contribution in [-0.4, -0.2) is 11.7 Å². The lowest BCUT2D eigenvalue weighted by Gasteiger charge is -2.29. The highest BCUT2D eigenvalue weighted by Gasteiger charge is 2.23. The fourth-order valence-corrected chi connectivity index (χ4v) is 2.76. The maximum atomic E-state index is 9.94. The van der Waals surface area contributed by atoms with E-state index in [-0.39, 0.29) is 12.1 Å². The zero-order valence-electron chi connectivity index (χ0n) is 11.5. The quantitative estimate of drug-likeness (QED) is 0.895. The first-order valence-electron chi connectivity index (χ1n) is 7.01. The Kier molecular flexibility index (Phi) is 3.61. The first-order valence-corrected chi connectivity index (χ1v) is 7.01. The van der Waals surface area contributed by atoms with E-state index >= 15 is 0 Å². The van der Waals surface area contributed by atoms with Gasteiger partial charge >= 0.3 is 0 Å². The van der Waals surface area contributed by atoms with Gasteiger partial charge in [-0.1, -0.05) is 36.4 Å². The van der Waals surface area contributed by atoms with Crippen LogP contribution in [0.3, 0.4) is 0 Å². The van der Waals surface area contributed by atoms with Gasteiger partial charge in [0.1, 0.15) is 11.5 Å². The fourth-order valence-electron chi connectivity index (χ4n) is 2.76. The van der Waals surface area contributed by atoms with Crippen LogP contribution >= 0.6 is 0 Å². The number of nitrogens with one attached hydrogen (secondary N) is 1. The monoisotopic (exact) mass is 269 g/mol. The smallest absolute Gasteiger partial charge is 0.124 e. The van der Waals surface area contributed by atoms with Crippen LogP contribution in [0, 0.1) is 0 Å². The van der Waals surface area contributed by atoms with E-state index in [2.05, 4.69) is 18.3 Å². The summed E-state index contributed by atoms with van der Waals surface area (Å²) in [5.41, 5.74) is 2.12. The van der Waals surface area contributed by atoms with E-state index in [9.17, 15) is 5.11 Å². The number of phenols is 1. The Morgan fingerprint density at radius 1 is 1.15 bits per heavy atom. The molecule has 0 amide bonds. The normalized spacial score (nSPS) is 18.9. The van der Waals surface area contributed by atoms with E-state index in [4.69, 9.17) is 4.74 Å². The van der Waals surface area contributed by atoms with Crippen molar-refractivity contribution in [1.29, 1.82) is 0 Å². The van der Waals surface area contributed by atoms with Crippen LogP contribution in [0.2, 0.25) is 0 Å². The Morgan fingerprint density at radius 2 is 1.90 bits per heavy atom. The Morgan fingerprint density at radius 3 is 2.75 bits per heavy atom. The van der Waals surface area contributed by atoms with Crippen LogP contribution in [0.25, 0.3) is 0 Å². The SMILES string of the molecule is CC(NC1CCOc2ccccc21)c1ccccc1O. The summed E-state index contributed by atoms with van der Waals surface area (Å²) < 4.78 is 5.68. The lowest BCUT2D eigenvalue weighted by atomic mass is 9.98. The van der Waals surface area contributed by atoms with Gasteiger partial charge in [-0.2, -0.15) is 0 Å². The summed E-state index contributed by atoms with van der Waals surface area (Å²) in [5, 5.41) is 13.5. The molecule has 0 aliphatic carbocycles. The topological polar surface area (TPSA) is 41.5 Å². The molecule has 2 atom stereocenters. The molecule has 0 saturated carbocycles. The Balaban J connectivity index is 1.81. The van der Waals surface area contributed by atoms with Crippen molar-refractivity contribution in [2.24, 2.45) is 0 Å². The second-order valence-corrected chi connectivity index (χ2v) is 5.17. The van der Waals surface area contributed by atoms with E-state index in [1.54, 1.807) is 6.07 Å². The first-order chi connectivity index (χ1) is 9.75. The van der Waals surface area contributed by atoms with E-state index in [0.717, 1.165) is 24.3 Å². The van der Waals surface area contributed by atoms with Gasteiger partial charge in [0.25, 0.3) is 0 Å². The highest BCUT2D eigenvalue weighted by atomic mass is 16.5. The van der Waals surface area contributed by atoms with Crippen molar-refractivity contribution in [2.75, 3.05) is 6.61 Å². The molecule has 0 aromatic heterocycles. The molecule has 104 valence electrons. The number of para-hydroxylation sites is 2. The maximum Gasteiger partial charge on any atom is 0.124 e. The van der Waals surface area contributed by atoms with Gasteiger partial charge in [0.05, 0.1) is 6.61 Å². The van der Waals surface area contributed by atoms with Gasteiger partial charge in [0.15, 0.2) is 0 Å². The molecule has 20 heavy (non-hydrogen) atoms. The van der Waals surface area contributed by atoms with Gasteiger partial charge in [-0.3, -0.25) is 0 Å². The van der Waals surface area contributed by atoms with Crippen molar-refractivity contribution in [3.63, 3.8) is 0 Å². The molecule has 3 nitrogen and oxygen atoms in total. The number of benzene rings is 2. The second kappa shape index (κ2) is 5.55. The van der Waals surface area contributed by atoms with Gasteiger partial charge < -0.3 is 15.2 Å². The van der Waals surface area contributed by atoms with Crippen LogP contribution in [0.15, 0.2) is 48.5 Å². The summed E-state index contributed by atoms with van der Waals surface area (Å²) in [6.07, 6.45) is 0.939. The molecule has 0 spiro atoms. The van der Waals surface area contributed by atoms with Gasteiger partial charge in [0, 0.05) is 29.6 Å². The van der Waals surface area contributed by atoms with Gasteiger partial charge in [0.2, 0.25) is 0 Å². The molecule has 1 heterocycles. The van der Waals surface area contributed by atoms with E-state index in [1.807, 2.05) is 36.4 Å². The predicted octanol–water partition coefficient (Wildman–Crippen LogP) is 3.57. The molecule has 3 heteroatoms. The van der Waals surface area contributed by atoms with Crippen molar-refractivity contribution in [2.45, 2.75) is 25.4 Å². The van der Waals surface area contributed by atoms with Gasteiger partial charge in [-0.25, -0.2) is 0 Å². The minimum Gasteiger partial charge on any atom is -0.508 e. The lowest BCUT2D eigenvalue weighted by Crippen LogP contribution is -2.29. The Bertz CT molecular complexity index is 597. The summed E-state index contributed by atoms with van der Waals surface area (Å²) in [5.74, 6) is 1.30. The van der Waals surface area contributed by atoms with Crippen molar-refractivity contribution in [1.82, 2.24) is 5.32 Å². The molecule has 0 radical (unpaired) electrons. The summed E-state index contributed by atoms with van der Waals surface area (Å²) in [4.78, 5) is 0. The minimum atomic E-state index is 0.0901. The third-order valence-electron chi connectivity index (χ3n) is 3.81. The molecule has 0 fully saturated rings. The minimum absolute atomic E-state index is 0.0901. The van der Waals surface area contributed by atoms with E-state index in [1.165, 1.54) is 5.56 Å². The van der Waals surface area contributed by atoms with Crippen molar-refractivity contribution >= 4 is 0 Å². The van der Waals surface area contributed by atoms with Gasteiger partial charge in [-0.15, -0.1) is 0 Å². The largest absolute Gasteiger partial charge is 0.508 e. The number of phenolic OH excluding ortho intramolecular Hbond substituents is 1. The van der Waals surface area contributed by atoms with Crippen molar-refractivity contribution < 1.29 is 9.84 Å². The summed E-state index contributed by atoms with van der Waals surface area (Å²) in [7, 11) is 0. The molecule has 3 rings (SSSR count). The predicted molar refractivity (Wildman–Crippen MR) is 79.0 cm³/mol. The van der Waals surface area contributed by atoms with E-state index in [0.29, 0.717) is 5.75 Å². The molecule has 0 saturated heterocycles. The van der Waals surface area contributed by atoms with Crippen molar-refractivity contribution in [3.05, 3.63) is 59.7 Å². The third-order valence-corrected chi connectivity index (χ3v) is 3.81. The number of rotatable bonds is 3. The van der Waals surface area contributed by atoms with E-state index < -0.39 is 0 Å². The standard InChI is InChI=1S/C17H19NO2/c1-12(13-6-2-4-8-16(13)19)18-15-10-11-20-17-9-5-3-7-14(15)17/h2-9,12,15,18-19H,10-11H2,1H3. The zero-order valence-corrected chi connectivity index (χ0v) is 11.5. The number of hydrogen-bond acceptors (Lipinski definition) is 3. The molecule has 1 aliphatic heterocycles. The third kappa shape index (κ3) is 2.49. The highest BCUT2D eigenvalue weighted by Crippen LogP contribution is 2.34. The lowest BCUT2D eigenvalue weighted by molar-refractivity contribution is 0.245. The summed E-state index contributed by atoms with van der Waals surface area (Å²) in [6.45, 7) is 2.80. The zero-order chi connectivity index (χ0) is 13.9. The summed E-state index contributed by atoms with van der Waals surface area (Å²) in [6, 6.07) is 16.0. The molecule has 0 bridgehead atoms. The molecule has 1 aliphatic rings. The number of hydrogen-bond donors (Lipinski definition) is 2. The fraction of sp³-hybridized carbons (Fsp3) is 0.294. The molecule has 2 aromatic carbocycles. The average Bonchev–Trinajstić information content (AvgIpc) is 2.48. The number of aromatic hydroxyl groups is 1. The number of ether oxygens (including phenoxy) is 1. The number of fused-ring (bicyclic) bond motifs is 1. The van der Waals surface area contributed by atoms with Crippen LogP contribution in [-0.2, 0) is 0 Å². The van der Waals surface area contributed by atoms with Crippen LogP contribution in [0.4, 0.5) is 0 Å². The van der Waals surface area contributed by atoms with Gasteiger partial charge in [-0.05, 0) is 19.1 Å². The average molecular weight is 269 g/mol. The second-order valence-electron chi connectivity index (χ2n) is 5.17. The maximum absolute atomic E-state index is 9.94. The summed E-state index contributed by atoms with van der Waals surface area (Å²) >= 11 is 0. The molecular weight excluding hydrogens is 250 g/mol. The van der Waals surface area contributed by atoms with Crippen LogP contribution in [0.1, 0.15) is 36.6 Å². The molecule has 2 aromatic rings. The molecular formula is C17H19NO2. The van der Waals surface area contributed by atoms with Crippen LogP contribution in [0.5, 0.6) is 11.5 Å².